The van der Waals surface area contributed by atoms with E-state index in [4.69, 9.17) is 4.42 Å². The number of furan rings is 1. The van der Waals surface area contributed by atoms with Gasteiger partial charge in [0.15, 0.2) is 0 Å². The van der Waals surface area contributed by atoms with Gasteiger partial charge in [0.05, 0.1) is 12.2 Å². The van der Waals surface area contributed by atoms with Crippen molar-refractivity contribution in [1.29, 1.82) is 0 Å². The number of halogens is 3. The molecular weight excluding hydrogens is 301 g/mol. The maximum atomic E-state index is 12.4. The number of carbonyl (C=O) groups excluding carboxylic acids is 2. The lowest BCUT2D eigenvalue weighted by molar-refractivity contribution is -0.157. The van der Waals surface area contributed by atoms with Gasteiger partial charge < -0.3 is 14.2 Å². The molecule has 0 atom stereocenters. The van der Waals surface area contributed by atoms with Crippen LogP contribution in [0.15, 0.2) is 10.5 Å². The van der Waals surface area contributed by atoms with Crippen molar-refractivity contribution in [2.45, 2.75) is 32.9 Å². The maximum absolute atomic E-state index is 12.4. The van der Waals surface area contributed by atoms with Crippen LogP contribution in [0.4, 0.5) is 13.2 Å². The molecular formula is C14H17F3N2O3. The van der Waals surface area contributed by atoms with E-state index in [2.05, 4.69) is 0 Å². The monoisotopic (exact) mass is 318 g/mol. The molecule has 0 radical (unpaired) electrons. The number of hydrogen-bond acceptors (Lipinski definition) is 3. The molecule has 2 heterocycles. The highest BCUT2D eigenvalue weighted by Crippen LogP contribution is 2.25. The van der Waals surface area contributed by atoms with Crippen LogP contribution >= 0.6 is 0 Å². The summed E-state index contributed by atoms with van der Waals surface area (Å²) >= 11 is 0. The highest BCUT2D eigenvalue weighted by molar-refractivity contribution is 5.98. The van der Waals surface area contributed by atoms with Gasteiger partial charge in [-0.25, -0.2) is 0 Å². The standard InChI is InChI=1S/C14H17F3N2O3/c1-8(2)11-4-10(9(3)22-11)13(21)18-5-12(20)19(7-18)6-14(15,16)17/h4,8H,5-7H2,1-3H3. The lowest BCUT2D eigenvalue weighted by atomic mass is 10.1. The molecule has 0 spiro atoms. The van der Waals surface area contributed by atoms with Gasteiger partial charge in [-0.3, -0.25) is 9.59 Å². The predicted octanol–water partition coefficient (Wildman–Crippen LogP) is 2.52. The Morgan fingerprint density at radius 2 is 2.05 bits per heavy atom. The van der Waals surface area contributed by atoms with Crippen LogP contribution in [0.3, 0.4) is 0 Å². The van der Waals surface area contributed by atoms with Crippen LogP contribution in [0.1, 0.15) is 41.6 Å². The van der Waals surface area contributed by atoms with Crippen molar-refractivity contribution in [2.24, 2.45) is 0 Å². The molecule has 2 amide bonds. The smallest absolute Gasteiger partial charge is 0.406 e. The average molecular weight is 318 g/mol. The lowest BCUT2D eigenvalue weighted by Crippen LogP contribution is -2.37. The second kappa shape index (κ2) is 5.66. The van der Waals surface area contributed by atoms with Gasteiger partial charge in [0.2, 0.25) is 5.91 Å². The fourth-order valence-corrected chi connectivity index (χ4v) is 2.26. The molecule has 1 fully saturated rings. The molecule has 0 bridgehead atoms. The molecule has 0 aromatic carbocycles. The van der Waals surface area contributed by atoms with E-state index in [9.17, 15) is 22.8 Å². The molecule has 1 aliphatic heterocycles. The third-order valence-electron chi connectivity index (χ3n) is 3.41. The van der Waals surface area contributed by atoms with Crippen LogP contribution in [0.2, 0.25) is 0 Å². The molecule has 22 heavy (non-hydrogen) atoms. The summed E-state index contributed by atoms with van der Waals surface area (Å²) in [7, 11) is 0. The van der Waals surface area contributed by atoms with E-state index in [1.165, 1.54) is 0 Å². The Hall–Kier alpha value is -1.99. The second-order valence-corrected chi connectivity index (χ2v) is 5.62. The highest BCUT2D eigenvalue weighted by atomic mass is 19.4. The molecule has 122 valence electrons. The number of amides is 2. The van der Waals surface area contributed by atoms with Gasteiger partial charge in [-0.2, -0.15) is 13.2 Å². The predicted molar refractivity (Wildman–Crippen MR) is 71.2 cm³/mol. The van der Waals surface area contributed by atoms with Gasteiger partial charge in [0.1, 0.15) is 24.6 Å². The Bertz CT molecular complexity index is 593. The number of carbonyl (C=O) groups is 2. The summed E-state index contributed by atoms with van der Waals surface area (Å²) in [5.74, 6) is -0.0989. The number of nitrogens with zero attached hydrogens (tertiary/aromatic N) is 2. The first-order valence-electron chi connectivity index (χ1n) is 6.82. The van der Waals surface area contributed by atoms with Crippen molar-refractivity contribution in [1.82, 2.24) is 9.80 Å². The van der Waals surface area contributed by atoms with Crippen LogP contribution in [-0.2, 0) is 4.79 Å². The summed E-state index contributed by atoms with van der Waals surface area (Å²) < 4.78 is 42.6. The van der Waals surface area contributed by atoms with Crippen LogP contribution in [0.25, 0.3) is 0 Å². The minimum absolute atomic E-state index is 0.0854. The highest BCUT2D eigenvalue weighted by Gasteiger charge is 2.39. The molecule has 1 aromatic rings. The molecule has 0 aliphatic carbocycles. The van der Waals surface area contributed by atoms with Crippen molar-refractivity contribution in [3.05, 3.63) is 23.2 Å². The Kier molecular flexibility index (Phi) is 4.21. The number of hydrogen-bond donors (Lipinski definition) is 0. The largest absolute Gasteiger partial charge is 0.465 e. The zero-order valence-corrected chi connectivity index (χ0v) is 12.5. The van der Waals surface area contributed by atoms with Crippen molar-refractivity contribution in [3.8, 4) is 0 Å². The Morgan fingerprint density at radius 3 is 2.55 bits per heavy atom. The zero-order chi connectivity index (χ0) is 16.7. The minimum Gasteiger partial charge on any atom is -0.465 e. The van der Waals surface area contributed by atoms with Gasteiger partial charge in [0, 0.05) is 5.92 Å². The molecule has 0 N–H and O–H groups in total. The molecule has 0 unspecified atom stereocenters. The van der Waals surface area contributed by atoms with Crippen LogP contribution < -0.4 is 0 Å². The van der Waals surface area contributed by atoms with Crippen LogP contribution in [0.5, 0.6) is 0 Å². The second-order valence-electron chi connectivity index (χ2n) is 5.62. The van der Waals surface area contributed by atoms with Gasteiger partial charge in [0.25, 0.3) is 5.91 Å². The molecule has 5 nitrogen and oxygen atoms in total. The van der Waals surface area contributed by atoms with E-state index in [1.807, 2.05) is 13.8 Å². The van der Waals surface area contributed by atoms with Crippen LogP contribution in [-0.4, -0.2) is 47.5 Å². The van der Waals surface area contributed by atoms with Gasteiger partial charge in [-0.15, -0.1) is 0 Å². The molecule has 1 saturated heterocycles. The normalized spacial score (nSPS) is 16.0. The Balaban J connectivity index is 2.13. The molecule has 1 aromatic heterocycles. The Morgan fingerprint density at radius 1 is 1.41 bits per heavy atom. The number of rotatable bonds is 3. The van der Waals surface area contributed by atoms with E-state index in [-0.39, 0.29) is 24.7 Å². The van der Waals surface area contributed by atoms with Crippen molar-refractivity contribution in [3.63, 3.8) is 0 Å². The molecule has 1 aliphatic rings. The van der Waals surface area contributed by atoms with Crippen molar-refractivity contribution < 1.29 is 27.2 Å². The number of aryl methyl sites for hydroxylation is 1. The first-order chi connectivity index (χ1) is 10.1. The zero-order valence-electron chi connectivity index (χ0n) is 12.5. The van der Waals surface area contributed by atoms with E-state index in [1.54, 1.807) is 13.0 Å². The third kappa shape index (κ3) is 3.42. The Labute approximate surface area is 125 Å². The van der Waals surface area contributed by atoms with Gasteiger partial charge in [-0.05, 0) is 13.0 Å². The van der Waals surface area contributed by atoms with Crippen molar-refractivity contribution in [2.75, 3.05) is 19.8 Å². The van der Waals surface area contributed by atoms with Gasteiger partial charge in [-0.1, -0.05) is 13.8 Å². The minimum atomic E-state index is -4.48. The first-order valence-corrected chi connectivity index (χ1v) is 6.82. The van der Waals surface area contributed by atoms with E-state index >= 15 is 0 Å². The molecule has 0 saturated carbocycles. The SMILES string of the molecule is Cc1oc(C(C)C)cc1C(=O)N1CC(=O)N(CC(F)(F)F)C1. The quantitative estimate of drug-likeness (QED) is 0.860. The lowest BCUT2D eigenvalue weighted by Gasteiger charge is -2.19. The van der Waals surface area contributed by atoms with E-state index in [0.29, 0.717) is 16.4 Å². The topological polar surface area (TPSA) is 53.8 Å². The summed E-state index contributed by atoms with van der Waals surface area (Å²) in [6.45, 7) is 3.35. The van der Waals surface area contributed by atoms with E-state index < -0.39 is 24.5 Å². The summed E-state index contributed by atoms with van der Waals surface area (Å²) in [4.78, 5) is 25.7. The summed E-state index contributed by atoms with van der Waals surface area (Å²) in [5.41, 5.74) is 0.283. The fraction of sp³-hybridized carbons (Fsp3) is 0.571. The fourth-order valence-electron chi connectivity index (χ4n) is 2.26. The summed E-state index contributed by atoms with van der Waals surface area (Å²) in [6, 6.07) is 1.58. The molecule has 2 rings (SSSR count). The first kappa shape index (κ1) is 16.4. The third-order valence-corrected chi connectivity index (χ3v) is 3.41. The van der Waals surface area contributed by atoms with E-state index in [0.717, 1.165) is 4.90 Å². The van der Waals surface area contributed by atoms with Crippen LogP contribution in [0, 0.1) is 6.92 Å². The van der Waals surface area contributed by atoms with Gasteiger partial charge >= 0.3 is 6.18 Å². The summed E-state index contributed by atoms with van der Waals surface area (Å²) in [5, 5.41) is 0. The maximum Gasteiger partial charge on any atom is 0.406 e. The van der Waals surface area contributed by atoms with Crippen molar-refractivity contribution >= 4 is 11.8 Å². The average Bonchev–Trinajstić information content (AvgIpc) is 2.91. The number of alkyl halides is 3. The summed E-state index contributed by atoms with van der Waals surface area (Å²) in [6.07, 6.45) is -4.48. The molecule has 8 heteroatoms.